The number of hydrogen-bond donors (Lipinski definition) is 0. The molecule has 138 valence electrons. The van der Waals surface area contributed by atoms with Crippen molar-refractivity contribution < 1.29 is 28.5 Å². The zero-order chi connectivity index (χ0) is 18.1. The van der Waals surface area contributed by atoms with Gasteiger partial charge in [0.2, 0.25) is 0 Å². The van der Waals surface area contributed by atoms with Crippen molar-refractivity contribution in [2.45, 2.75) is 64.2 Å². The largest absolute Gasteiger partial charge is 0.363 e. The Bertz CT molecular complexity index is 597. The van der Waals surface area contributed by atoms with Crippen molar-refractivity contribution in [1.82, 2.24) is 0 Å². The van der Waals surface area contributed by atoms with Crippen molar-refractivity contribution in [3.8, 4) is 0 Å². The summed E-state index contributed by atoms with van der Waals surface area (Å²) in [5.41, 5.74) is 0.988. The lowest BCUT2D eigenvalue weighted by molar-refractivity contribution is -0.176. The lowest BCUT2D eigenvalue weighted by Crippen LogP contribution is -2.45. The Hall–Kier alpha value is -1.31. The monoisotopic (exact) mass is 350 g/mol. The van der Waals surface area contributed by atoms with Gasteiger partial charge in [-0.1, -0.05) is 30.3 Å². The van der Waals surface area contributed by atoms with Crippen molar-refractivity contribution in [2.24, 2.45) is 0 Å². The number of ketones is 1. The average molecular weight is 350 g/mol. The molecule has 6 nitrogen and oxygen atoms in total. The molecular weight excluding hydrogens is 324 g/mol. The lowest BCUT2D eigenvalue weighted by Gasteiger charge is -2.25. The highest BCUT2D eigenvalue weighted by molar-refractivity contribution is 5.88. The Labute approximate surface area is 148 Å². The number of ether oxygens (including phenoxy) is 5. The van der Waals surface area contributed by atoms with E-state index in [1.807, 2.05) is 44.2 Å². The Balaban J connectivity index is 1.71. The van der Waals surface area contributed by atoms with Gasteiger partial charge in [-0.05, 0) is 33.3 Å². The summed E-state index contributed by atoms with van der Waals surface area (Å²) < 4.78 is 28.7. The van der Waals surface area contributed by atoms with Crippen LogP contribution in [0.5, 0.6) is 0 Å². The van der Waals surface area contributed by atoms with Gasteiger partial charge in [0, 0.05) is 0 Å². The molecule has 2 aliphatic rings. The van der Waals surface area contributed by atoms with Gasteiger partial charge in [0.25, 0.3) is 0 Å². The predicted molar refractivity (Wildman–Crippen MR) is 89.8 cm³/mol. The van der Waals surface area contributed by atoms with Crippen LogP contribution < -0.4 is 0 Å². The molecule has 2 saturated heterocycles. The van der Waals surface area contributed by atoms with Crippen LogP contribution in [0.1, 0.15) is 33.3 Å². The molecular formula is C19H26O6. The second-order valence-electron chi connectivity index (χ2n) is 7.30. The third-order valence-electron chi connectivity index (χ3n) is 4.25. The van der Waals surface area contributed by atoms with E-state index in [2.05, 4.69) is 0 Å². The zero-order valence-electron chi connectivity index (χ0n) is 15.2. The zero-order valence-corrected chi connectivity index (χ0v) is 15.2. The second-order valence-corrected chi connectivity index (χ2v) is 7.30. The fraction of sp³-hybridized carbons (Fsp3) is 0.632. The van der Waals surface area contributed by atoms with Crippen LogP contribution in [0.15, 0.2) is 30.3 Å². The molecule has 3 rings (SSSR count). The smallest absolute Gasteiger partial charge is 0.195 e. The minimum atomic E-state index is -0.774. The van der Waals surface area contributed by atoms with E-state index in [0.717, 1.165) is 5.56 Å². The standard InChI is InChI=1S/C19H26O6/c1-18(2)22-11-14(24-18)16(20)17(15-12-23-19(3,4)25-15)21-10-13-8-6-5-7-9-13/h5-9,14-15,17H,10-12H2,1-4H3/t14-,15-,17+/m0/s1. The fourth-order valence-electron chi connectivity index (χ4n) is 3.01. The van der Waals surface area contributed by atoms with Gasteiger partial charge in [0.15, 0.2) is 17.4 Å². The molecule has 2 aliphatic heterocycles. The van der Waals surface area contributed by atoms with Crippen LogP contribution in [0, 0.1) is 0 Å². The number of benzene rings is 1. The molecule has 0 N–H and O–H groups in total. The quantitative estimate of drug-likeness (QED) is 0.785. The molecule has 1 aromatic rings. The van der Waals surface area contributed by atoms with E-state index in [1.54, 1.807) is 13.8 Å². The number of carbonyl (C=O) groups excluding carboxylic acids is 1. The van der Waals surface area contributed by atoms with Gasteiger partial charge in [0.05, 0.1) is 19.8 Å². The molecule has 0 unspecified atom stereocenters. The van der Waals surface area contributed by atoms with Gasteiger partial charge in [-0.15, -0.1) is 0 Å². The summed E-state index contributed by atoms with van der Waals surface area (Å²) in [6.45, 7) is 8.06. The first-order chi connectivity index (χ1) is 11.8. The number of hydrogen-bond acceptors (Lipinski definition) is 6. The molecule has 2 fully saturated rings. The highest BCUT2D eigenvalue weighted by Gasteiger charge is 2.46. The molecule has 25 heavy (non-hydrogen) atoms. The first-order valence-corrected chi connectivity index (χ1v) is 8.59. The highest BCUT2D eigenvalue weighted by atomic mass is 16.8. The van der Waals surface area contributed by atoms with Crippen molar-refractivity contribution in [1.29, 1.82) is 0 Å². The number of carbonyl (C=O) groups is 1. The fourth-order valence-corrected chi connectivity index (χ4v) is 3.01. The third kappa shape index (κ3) is 4.65. The van der Waals surface area contributed by atoms with Crippen LogP contribution in [-0.2, 0) is 35.1 Å². The van der Waals surface area contributed by atoms with Crippen LogP contribution in [0.2, 0.25) is 0 Å². The van der Waals surface area contributed by atoms with E-state index >= 15 is 0 Å². The van der Waals surface area contributed by atoms with E-state index in [0.29, 0.717) is 13.2 Å². The maximum atomic E-state index is 13.0. The van der Waals surface area contributed by atoms with Crippen LogP contribution in [-0.4, -0.2) is 48.9 Å². The van der Waals surface area contributed by atoms with Gasteiger partial charge in [-0.25, -0.2) is 0 Å². The summed E-state index contributed by atoms with van der Waals surface area (Å²) in [5.74, 6) is -1.67. The van der Waals surface area contributed by atoms with Gasteiger partial charge in [-0.3, -0.25) is 4.79 Å². The molecule has 0 spiro atoms. The molecule has 0 aliphatic carbocycles. The van der Waals surface area contributed by atoms with Crippen LogP contribution in [0.4, 0.5) is 0 Å². The molecule has 0 radical (unpaired) electrons. The molecule has 0 saturated carbocycles. The SMILES string of the molecule is CC1(C)OC[C@@H](C(=O)[C@H](OCc2ccccc2)[C@@H]2COC(C)(C)O2)O1. The lowest BCUT2D eigenvalue weighted by atomic mass is 10.1. The second kappa shape index (κ2) is 7.13. The maximum absolute atomic E-state index is 13.0. The average Bonchev–Trinajstić information content (AvgIpc) is 3.10. The molecule has 2 heterocycles. The van der Waals surface area contributed by atoms with Gasteiger partial charge in [0.1, 0.15) is 18.3 Å². The summed E-state index contributed by atoms with van der Waals surface area (Å²) in [7, 11) is 0. The van der Waals surface area contributed by atoms with E-state index in [4.69, 9.17) is 23.7 Å². The molecule has 1 aromatic carbocycles. The van der Waals surface area contributed by atoms with Crippen molar-refractivity contribution >= 4 is 5.78 Å². The highest BCUT2D eigenvalue weighted by Crippen LogP contribution is 2.29. The Morgan fingerprint density at radius 3 is 2.28 bits per heavy atom. The molecule has 3 atom stereocenters. The third-order valence-corrected chi connectivity index (χ3v) is 4.25. The van der Waals surface area contributed by atoms with Crippen molar-refractivity contribution in [3.05, 3.63) is 35.9 Å². The van der Waals surface area contributed by atoms with E-state index in [-0.39, 0.29) is 12.4 Å². The first-order valence-electron chi connectivity index (χ1n) is 8.59. The number of Topliss-reactive ketones (excluding diaryl/α,β-unsaturated/α-hetero) is 1. The van der Waals surface area contributed by atoms with Crippen molar-refractivity contribution in [2.75, 3.05) is 13.2 Å². The number of rotatable bonds is 6. The van der Waals surface area contributed by atoms with Crippen molar-refractivity contribution in [3.63, 3.8) is 0 Å². The summed E-state index contributed by atoms with van der Waals surface area (Å²) in [4.78, 5) is 13.0. The van der Waals surface area contributed by atoms with Crippen LogP contribution in [0.3, 0.4) is 0 Å². The van der Waals surface area contributed by atoms with Gasteiger partial charge in [-0.2, -0.15) is 0 Å². The minimum absolute atomic E-state index is 0.173. The molecule has 0 bridgehead atoms. The molecule has 0 aromatic heterocycles. The van der Waals surface area contributed by atoms with Gasteiger partial charge < -0.3 is 23.7 Å². The predicted octanol–water partition coefficient (Wildman–Crippen LogP) is 2.44. The van der Waals surface area contributed by atoms with E-state index in [1.165, 1.54) is 0 Å². The molecule has 6 heteroatoms. The van der Waals surface area contributed by atoms with E-state index < -0.39 is 29.9 Å². The van der Waals surface area contributed by atoms with E-state index in [9.17, 15) is 4.79 Å². The Morgan fingerprint density at radius 2 is 1.72 bits per heavy atom. The topological polar surface area (TPSA) is 63.2 Å². The summed E-state index contributed by atoms with van der Waals surface area (Å²) in [6.07, 6.45) is -1.91. The molecule has 0 amide bonds. The van der Waals surface area contributed by atoms with Gasteiger partial charge >= 0.3 is 0 Å². The maximum Gasteiger partial charge on any atom is 0.195 e. The first kappa shape index (κ1) is 18.5. The summed E-state index contributed by atoms with van der Waals surface area (Å²) >= 11 is 0. The normalized spacial score (nSPS) is 28.8. The van der Waals surface area contributed by atoms with Crippen LogP contribution >= 0.6 is 0 Å². The Morgan fingerprint density at radius 1 is 1.08 bits per heavy atom. The van der Waals surface area contributed by atoms with Crippen LogP contribution in [0.25, 0.3) is 0 Å². The minimum Gasteiger partial charge on any atom is -0.363 e. The Kier molecular flexibility index (Phi) is 5.27. The summed E-state index contributed by atoms with van der Waals surface area (Å²) in [6, 6.07) is 9.72. The summed E-state index contributed by atoms with van der Waals surface area (Å²) in [5, 5.41) is 0.